The predicted octanol–water partition coefficient (Wildman–Crippen LogP) is 4.11. The fourth-order valence-electron chi connectivity index (χ4n) is 2.23. The van der Waals surface area contributed by atoms with Gasteiger partial charge in [0.1, 0.15) is 11.5 Å². The Morgan fingerprint density at radius 3 is 2.46 bits per heavy atom. The standard InChI is InChI=1S/C16H13N2O5P/c1-21-15-8-12-13(9-16(15)23-24)17-7-6-14(12)22-11-4-2-10(3-5-11)18(19)20/h2-9H,24H2,1H3. The number of non-ortho nitro benzene ring substituents is 1. The summed E-state index contributed by atoms with van der Waals surface area (Å²) in [6.45, 7) is 0. The Balaban J connectivity index is 2.01. The first kappa shape index (κ1) is 16.0. The quantitative estimate of drug-likeness (QED) is 0.393. The molecular weight excluding hydrogens is 331 g/mol. The van der Waals surface area contributed by atoms with Gasteiger partial charge in [0.05, 0.1) is 27.0 Å². The zero-order chi connectivity index (χ0) is 17.1. The molecule has 1 atom stereocenters. The van der Waals surface area contributed by atoms with Crippen LogP contribution in [0.4, 0.5) is 5.69 Å². The monoisotopic (exact) mass is 344 g/mol. The molecule has 7 nitrogen and oxygen atoms in total. The molecule has 0 radical (unpaired) electrons. The van der Waals surface area contributed by atoms with Gasteiger partial charge in [-0.05, 0) is 24.3 Å². The van der Waals surface area contributed by atoms with E-state index in [1.165, 1.54) is 12.1 Å². The number of benzene rings is 2. The van der Waals surface area contributed by atoms with Crippen LogP contribution in [0.2, 0.25) is 0 Å². The molecule has 3 rings (SSSR count). The van der Waals surface area contributed by atoms with Gasteiger partial charge in [-0.25, -0.2) is 0 Å². The zero-order valence-electron chi connectivity index (χ0n) is 12.6. The molecule has 0 aliphatic carbocycles. The van der Waals surface area contributed by atoms with Gasteiger partial charge in [-0.1, -0.05) is 0 Å². The fraction of sp³-hybridized carbons (Fsp3) is 0.0625. The number of hydrogen-bond acceptors (Lipinski definition) is 6. The molecule has 1 unspecified atom stereocenters. The van der Waals surface area contributed by atoms with E-state index in [1.54, 1.807) is 43.6 Å². The second-order valence-electron chi connectivity index (χ2n) is 4.80. The molecule has 0 saturated heterocycles. The molecule has 0 amide bonds. The van der Waals surface area contributed by atoms with Crippen molar-refractivity contribution in [3.05, 3.63) is 58.8 Å². The van der Waals surface area contributed by atoms with Crippen LogP contribution >= 0.6 is 9.47 Å². The lowest BCUT2D eigenvalue weighted by atomic mass is 10.2. The maximum absolute atomic E-state index is 10.7. The molecule has 3 aromatic rings. The molecule has 2 aromatic carbocycles. The van der Waals surface area contributed by atoms with Crippen LogP contribution in [0.1, 0.15) is 0 Å². The summed E-state index contributed by atoms with van der Waals surface area (Å²) in [5, 5.41) is 11.4. The second kappa shape index (κ2) is 6.68. The highest BCUT2D eigenvalue weighted by molar-refractivity contribution is 7.10. The summed E-state index contributed by atoms with van der Waals surface area (Å²) in [7, 11) is 3.71. The van der Waals surface area contributed by atoms with Crippen molar-refractivity contribution in [2.24, 2.45) is 0 Å². The van der Waals surface area contributed by atoms with Crippen LogP contribution in [0, 0.1) is 10.1 Å². The Bertz CT molecular complexity index is 899. The smallest absolute Gasteiger partial charge is 0.269 e. The number of nitro groups is 1. The number of fused-ring (bicyclic) bond motifs is 1. The van der Waals surface area contributed by atoms with Gasteiger partial charge in [0.15, 0.2) is 11.5 Å². The average Bonchev–Trinajstić information content (AvgIpc) is 2.61. The van der Waals surface area contributed by atoms with E-state index in [-0.39, 0.29) is 5.69 Å². The second-order valence-corrected chi connectivity index (χ2v) is 5.04. The molecule has 0 fully saturated rings. The third-order valence-corrected chi connectivity index (χ3v) is 3.64. The number of ether oxygens (including phenoxy) is 2. The molecule has 1 aromatic heterocycles. The molecule has 24 heavy (non-hydrogen) atoms. The van der Waals surface area contributed by atoms with Crippen molar-refractivity contribution < 1.29 is 18.9 Å². The zero-order valence-corrected chi connectivity index (χ0v) is 13.8. The van der Waals surface area contributed by atoms with Crippen molar-refractivity contribution >= 4 is 26.1 Å². The van der Waals surface area contributed by atoms with Crippen molar-refractivity contribution in [3.8, 4) is 23.0 Å². The Morgan fingerprint density at radius 2 is 1.83 bits per heavy atom. The first-order chi connectivity index (χ1) is 11.6. The molecule has 8 heteroatoms. The molecule has 0 saturated carbocycles. The van der Waals surface area contributed by atoms with Crippen LogP contribution in [0.25, 0.3) is 10.9 Å². The van der Waals surface area contributed by atoms with Crippen LogP contribution in [0.3, 0.4) is 0 Å². The van der Waals surface area contributed by atoms with Crippen LogP contribution in [0.15, 0.2) is 48.7 Å². The van der Waals surface area contributed by atoms with Crippen molar-refractivity contribution in [1.29, 1.82) is 0 Å². The highest BCUT2D eigenvalue weighted by atomic mass is 31.0. The summed E-state index contributed by atoms with van der Waals surface area (Å²) >= 11 is 0. The summed E-state index contributed by atoms with van der Waals surface area (Å²) in [4.78, 5) is 14.5. The summed E-state index contributed by atoms with van der Waals surface area (Å²) in [5.74, 6) is 2.12. The van der Waals surface area contributed by atoms with Crippen LogP contribution in [-0.2, 0) is 0 Å². The average molecular weight is 344 g/mol. The number of methoxy groups -OCH3 is 1. The van der Waals surface area contributed by atoms with E-state index < -0.39 is 4.92 Å². The third-order valence-electron chi connectivity index (χ3n) is 3.39. The lowest BCUT2D eigenvalue weighted by Crippen LogP contribution is -1.92. The number of hydrogen-bond donors (Lipinski definition) is 0. The van der Waals surface area contributed by atoms with E-state index in [1.807, 2.05) is 0 Å². The van der Waals surface area contributed by atoms with Crippen LogP contribution in [-0.4, -0.2) is 17.0 Å². The van der Waals surface area contributed by atoms with Gasteiger partial charge in [0.2, 0.25) is 0 Å². The molecule has 0 spiro atoms. The Labute approximate surface area is 139 Å². The molecule has 0 aliphatic rings. The van der Waals surface area contributed by atoms with Gasteiger partial charge in [-0.2, -0.15) is 0 Å². The molecule has 1 heterocycles. The number of nitro benzene ring substituents is 1. The minimum absolute atomic E-state index is 0.00541. The van der Waals surface area contributed by atoms with Gasteiger partial charge >= 0.3 is 0 Å². The van der Waals surface area contributed by atoms with E-state index in [0.29, 0.717) is 28.5 Å². The first-order valence-electron chi connectivity index (χ1n) is 6.88. The highest BCUT2D eigenvalue weighted by Crippen LogP contribution is 2.37. The predicted molar refractivity (Wildman–Crippen MR) is 91.8 cm³/mol. The SMILES string of the molecule is COc1cc2c(Oc3ccc([N+](=O)[O-])cc3)ccnc2cc1OP. The van der Waals surface area contributed by atoms with Crippen molar-refractivity contribution in [2.75, 3.05) is 7.11 Å². The lowest BCUT2D eigenvalue weighted by Gasteiger charge is -2.12. The van der Waals surface area contributed by atoms with Crippen LogP contribution in [0.5, 0.6) is 23.0 Å². The molecule has 122 valence electrons. The van der Waals surface area contributed by atoms with Crippen molar-refractivity contribution in [2.45, 2.75) is 0 Å². The third kappa shape index (κ3) is 3.07. The fourth-order valence-corrected chi connectivity index (χ4v) is 2.42. The molecule has 0 bridgehead atoms. The van der Waals surface area contributed by atoms with Gasteiger partial charge in [-0.15, -0.1) is 0 Å². The van der Waals surface area contributed by atoms with Crippen molar-refractivity contribution in [3.63, 3.8) is 0 Å². The van der Waals surface area contributed by atoms with Crippen molar-refractivity contribution in [1.82, 2.24) is 4.98 Å². The number of pyridine rings is 1. The van der Waals surface area contributed by atoms with E-state index in [0.717, 1.165) is 5.39 Å². The summed E-state index contributed by atoms with van der Waals surface area (Å²) in [6, 6.07) is 11.1. The van der Waals surface area contributed by atoms with Gasteiger partial charge in [0.25, 0.3) is 5.69 Å². The van der Waals surface area contributed by atoms with E-state index in [4.69, 9.17) is 14.0 Å². The Hall–Kier alpha value is -2.92. The minimum atomic E-state index is -0.458. The maximum Gasteiger partial charge on any atom is 0.269 e. The van der Waals surface area contributed by atoms with E-state index >= 15 is 0 Å². The van der Waals surface area contributed by atoms with E-state index in [9.17, 15) is 10.1 Å². The number of aromatic nitrogens is 1. The highest BCUT2D eigenvalue weighted by Gasteiger charge is 2.12. The van der Waals surface area contributed by atoms with Gasteiger partial charge in [-0.3, -0.25) is 15.1 Å². The summed E-state index contributed by atoms with van der Waals surface area (Å²) in [6.07, 6.45) is 1.61. The minimum Gasteiger partial charge on any atom is -0.493 e. The topological polar surface area (TPSA) is 83.7 Å². The van der Waals surface area contributed by atoms with Crippen LogP contribution < -0.4 is 14.0 Å². The summed E-state index contributed by atoms with van der Waals surface area (Å²) in [5.41, 5.74) is 0.679. The molecular formula is C16H13N2O5P. The van der Waals surface area contributed by atoms with E-state index in [2.05, 4.69) is 14.5 Å². The Morgan fingerprint density at radius 1 is 1.08 bits per heavy atom. The van der Waals surface area contributed by atoms with Gasteiger partial charge < -0.3 is 14.0 Å². The molecule has 0 aliphatic heterocycles. The number of nitrogens with zero attached hydrogens (tertiary/aromatic N) is 2. The molecule has 0 N–H and O–H groups in total. The number of rotatable bonds is 5. The lowest BCUT2D eigenvalue weighted by molar-refractivity contribution is -0.384. The summed E-state index contributed by atoms with van der Waals surface area (Å²) < 4.78 is 16.3. The Kier molecular flexibility index (Phi) is 4.44. The largest absolute Gasteiger partial charge is 0.493 e. The maximum atomic E-state index is 10.7. The normalized spacial score (nSPS) is 10.4. The van der Waals surface area contributed by atoms with Gasteiger partial charge in [0, 0.05) is 29.8 Å². The first-order valence-corrected chi connectivity index (χ1v) is 7.35.